The number of rotatable bonds is 7. The van der Waals surface area contributed by atoms with Crippen LogP contribution < -0.4 is 0 Å². The van der Waals surface area contributed by atoms with Crippen LogP contribution in [0.5, 0.6) is 11.5 Å². The Morgan fingerprint density at radius 2 is 1.86 bits per heavy atom. The summed E-state index contributed by atoms with van der Waals surface area (Å²) in [5, 5.41) is 22.2. The first-order valence-electron chi connectivity index (χ1n) is 9.91. The molecule has 28 heavy (non-hydrogen) atoms. The molecule has 3 aromatic rings. The number of benzene rings is 2. The van der Waals surface area contributed by atoms with Gasteiger partial charge in [-0.2, -0.15) is 0 Å². The highest BCUT2D eigenvalue weighted by atomic mass is 16.3. The Labute approximate surface area is 167 Å². The SMILES string of the molecule is C=C(C)c1ccc(C)cc1-c1c(O)cc(CCCCC)c(-c2cc[nH]c2)c1O. The standard InChI is InChI=1S/C25H29NO2/c1-5-6-7-8-18-14-22(27)24(25(28)23(18)19-11-12-26-15-19)21-13-17(4)9-10-20(21)16(2)3/h9-15,26-28H,2,5-8H2,1,3-4H3. The molecule has 3 heteroatoms. The van der Waals surface area contributed by atoms with E-state index in [2.05, 4.69) is 18.5 Å². The molecule has 1 aromatic heterocycles. The number of H-pyrrole nitrogens is 1. The van der Waals surface area contributed by atoms with E-state index in [4.69, 9.17) is 0 Å². The Kier molecular flexibility index (Phi) is 5.93. The summed E-state index contributed by atoms with van der Waals surface area (Å²) in [7, 11) is 0. The van der Waals surface area contributed by atoms with Crippen LogP contribution in [0, 0.1) is 6.92 Å². The van der Waals surface area contributed by atoms with Gasteiger partial charge in [0.25, 0.3) is 0 Å². The molecular formula is C25H29NO2. The topological polar surface area (TPSA) is 56.2 Å². The summed E-state index contributed by atoms with van der Waals surface area (Å²) in [6.45, 7) is 10.2. The number of hydrogen-bond acceptors (Lipinski definition) is 2. The van der Waals surface area contributed by atoms with Crippen LogP contribution in [0.15, 0.2) is 49.3 Å². The van der Waals surface area contributed by atoms with E-state index in [1.165, 1.54) is 0 Å². The predicted octanol–water partition coefficient (Wildman–Crippen LogP) is 6.83. The van der Waals surface area contributed by atoms with E-state index >= 15 is 0 Å². The van der Waals surface area contributed by atoms with Crippen molar-refractivity contribution in [1.82, 2.24) is 4.98 Å². The second-order valence-corrected chi connectivity index (χ2v) is 7.54. The van der Waals surface area contributed by atoms with Gasteiger partial charge in [0.05, 0.1) is 5.56 Å². The Balaban J connectivity index is 2.26. The molecule has 2 aromatic carbocycles. The predicted molar refractivity (Wildman–Crippen MR) is 118 cm³/mol. The van der Waals surface area contributed by atoms with Crippen molar-refractivity contribution in [2.45, 2.75) is 46.5 Å². The third-order valence-corrected chi connectivity index (χ3v) is 5.20. The van der Waals surface area contributed by atoms with E-state index in [-0.39, 0.29) is 11.5 Å². The smallest absolute Gasteiger partial charge is 0.135 e. The van der Waals surface area contributed by atoms with E-state index in [0.717, 1.165) is 64.6 Å². The number of unbranched alkanes of at least 4 members (excludes halogenated alkanes) is 2. The van der Waals surface area contributed by atoms with Crippen LogP contribution in [0.1, 0.15) is 49.8 Å². The molecule has 3 nitrogen and oxygen atoms in total. The van der Waals surface area contributed by atoms with Crippen molar-refractivity contribution in [2.24, 2.45) is 0 Å². The zero-order valence-electron chi connectivity index (χ0n) is 17.0. The molecule has 3 N–H and O–H groups in total. The molecule has 0 fully saturated rings. The maximum absolute atomic E-state index is 11.3. The molecule has 0 unspecified atom stereocenters. The zero-order valence-corrected chi connectivity index (χ0v) is 17.0. The average molecular weight is 376 g/mol. The lowest BCUT2D eigenvalue weighted by atomic mass is 9.87. The van der Waals surface area contributed by atoms with E-state index in [1.807, 2.05) is 56.6 Å². The van der Waals surface area contributed by atoms with Gasteiger partial charge in [-0.15, -0.1) is 0 Å². The third-order valence-electron chi connectivity index (χ3n) is 5.20. The second kappa shape index (κ2) is 8.39. The van der Waals surface area contributed by atoms with Crippen molar-refractivity contribution in [2.75, 3.05) is 0 Å². The molecular weight excluding hydrogens is 346 g/mol. The van der Waals surface area contributed by atoms with E-state index in [9.17, 15) is 10.2 Å². The third kappa shape index (κ3) is 3.84. The lowest BCUT2D eigenvalue weighted by Gasteiger charge is -2.19. The number of hydrogen-bond donors (Lipinski definition) is 3. The van der Waals surface area contributed by atoms with Gasteiger partial charge >= 0.3 is 0 Å². The number of aromatic nitrogens is 1. The van der Waals surface area contributed by atoms with Gasteiger partial charge in [-0.25, -0.2) is 0 Å². The van der Waals surface area contributed by atoms with E-state index in [1.54, 1.807) is 0 Å². The average Bonchev–Trinajstić information content (AvgIpc) is 3.15. The monoisotopic (exact) mass is 375 g/mol. The van der Waals surface area contributed by atoms with Crippen LogP contribution in [0.2, 0.25) is 0 Å². The van der Waals surface area contributed by atoms with Gasteiger partial charge in [0, 0.05) is 23.5 Å². The lowest BCUT2D eigenvalue weighted by molar-refractivity contribution is 0.454. The highest BCUT2D eigenvalue weighted by molar-refractivity contribution is 5.92. The summed E-state index contributed by atoms with van der Waals surface area (Å²) >= 11 is 0. The number of aryl methyl sites for hydroxylation is 2. The molecule has 1 heterocycles. The van der Waals surface area contributed by atoms with Crippen LogP contribution in [-0.4, -0.2) is 15.2 Å². The summed E-state index contributed by atoms with van der Waals surface area (Å²) < 4.78 is 0. The first-order valence-corrected chi connectivity index (χ1v) is 9.91. The quantitative estimate of drug-likeness (QED) is 0.396. The fourth-order valence-corrected chi connectivity index (χ4v) is 3.77. The fourth-order valence-electron chi connectivity index (χ4n) is 3.77. The molecule has 0 saturated carbocycles. The summed E-state index contributed by atoms with van der Waals surface area (Å²) in [5.41, 5.74) is 6.84. The molecule has 0 aliphatic rings. The summed E-state index contributed by atoms with van der Waals surface area (Å²) in [6.07, 6.45) is 7.82. The van der Waals surface area contributed by atoms with Gasteiger partial charge in [-0.3, -0.25) is 0 Å². The number of aromatic hydroxyl groups is 2. The van der Waals surface area contributed by atoms with Gasteiger partial charge in [0.1, 0.15) is 11.5 Å². The number of nitrogens with one attached hydrogen (secondary N) is 1. The fraction of sp³-hybridized carbons (Fsp3) is 0.280. The molecule has 0 spiro atoms. The van der Waals surface area contributed by atoms with Gasteiger partial charge in [0.15, 0.2) is 0 Å². The van der Waals surface area contributed by atoms with Crippen LogP contribution in [0.3, 0.4) is 0 Å². The van der Waals surface area contributed by atoms with Crippen molar-refractivity contribution in [3.63, 3.8) is 0 Å². The highest BCUT2D eigenvalue weighted by Gasteiger charge is 2.22. The maximum Gasteiger partial charge on any atom is 0.135 e. The Morgan fingerprint density at radius 1 is 1.07 bits per heavy atom. The molecule has 0 aliphatic carbocycles. The van der Waals surface area contributed by atoms with Crippen LogP contribution in [-0.2, 0) is 6.42 Å². The first-order chi connectivity index (χ1) is 13.4. The molecule has 3 rings (SSSR count). The molecule has 0 amide bonds. The molecule has 0 atom stereocenters. The van der Waals surface area contributed by atoms with Crippen molar-refractivity contribution >= 4 is 5.57 Å². The Morgan fingerprint density at radius 3 is 2.50 bits per heavy atom. The van der Waals surface area contributed by atoms with Crippen molar-refractivity contribution < 1.29 is 10.2 Å². The zero-order chi connectivity index (χ0) is 20.3. The van der Waals surface area contributed by atoms with Crippen LogP contribution in [0.25, 0.3) is 27.8 Å². The molecule has 0 aliphatic heterocycles. The maximum atomic E-state index is 11.3. The normalized spacial score (nSPS) is 11.0. The minimum Gasteiger partial charge on any atom is -0.507 e. The lowest BCUT2D eigenvalue weighted by Crippen LogP contribution is -1.96. The van der Waals surface area contributed by atoms with Gasteiger partial charge in [-0.1, -0.05) is 55.7 Å². The van der Waals surface area contributed by atoms with Crippen molar-refractivity contribution in [3.8, 4) is 33.8 Å². The minimum atomic E-state index is 0.108. The Hall–Kier alpha value is -2.94. The van der Waals surface area contributed by atoms with Crippen molar-refractivity contribution in [3.05, 3.63) is 66.0 Å². The van der Waals surface area contributed by atoms with Crippen molar-refractivity contribution in [1.29, 1.82) is 0 Å². The summed E-state index contributed by atoms with van der Waals surface area (Å²) in [6, 6.07) is 9.79. The van der Waals surface area contributed by atoms with Crippen LogP contribution >= 0.6 is 0 Å². The summed E-state index contributed by atoms with van der Waals surface area (Å²) in [5.74, 6) is 0.232. The van der Waals surface area contributed by atoms with Gasteiger partial charge < -0.3 is 15.2 Å². The van der Waals surface area contributed by atoms with Gasteiger partial charge in [-0.05, 0) is 55.5 Å². The largest absolute Gasteiger partial charge is 0.507 e. The number of allylic oxidation sites excluding steroid dienone is 1. The molecule has 0 bridgehead atoms. The molecule has 146 valence electrons. The van der Waals surface area contributed by atoms with E-state index < -0.39 is 0 Å². The Bertz CT molecular complexity index is 984. The highest BCUT2D eigenvalue weighted by Crippen LogP contribution is 2.48. The second-order valence-electron chi connectivity index (χ2n) is 7.54. The number of aromatic amines is 1. The summed E-state index contributed by atoms with van der Waals surface area (Å²) in [4.78, 5) is 3.07. The number of phenolic OH excluding ortho intramolecular Hbond substituents is 2. The van der Waals surface area contributed by atoms with Gasteiger partial charge in [0.2, 0.25) is 0 Å². The number of phenols is 2. The first kappa shape index (κ1) is 19.8. The minimum absolute atomic E-state index is 0.108. The molecule has 0 radical (unpaired) electrons. The van der Waals surface area contributed by atoms with E-state index in [0.29, 0.717) is 5.56 Å². The van der Waals surface area contributed by atoms with Crippen LogP contribution in [0.4, 0.5) is 0 Å². The molecule has 0 saturated heterocycles.